The van der Waals surface area contributed by atoms with Gasteiger partial charge in [-0.25, -0.2) is 0 Å². The Balaban J connectivity index is 1.97. The van der Waals surface area contributed by atoms with E-state index in [1.165, 1.54) is 64.6 Å². The Morgan fingerprint density at radius 2 is 1.67 bits per heavy atom. The van der Waals surface area contributed by atoms with Crippen LogP contribution in [0.3, 0.4) is 0 Å². The summed E-state index contributed by atoms with van der Waals surface area (Å²) in [6.07, 6.45) is 9.06. The van der Waals surface area contributed by atoms with E-state index in [-0.39, 0.29) is 0 Å². The average Bonchev–Trinajstić information content (AvgIpc) is 2.51. The van der Waals surface area contributed by atoms with E-state index >= 15 is 0 Å². The van der Waals surface area contributed by atoms with E-state index in [9.17, 15) is 0 Å². The Kier molecular flexibility index (Phi) is 10.3. The van der Waals surface area contributed by atoms with Gasteiger partial charge in [-0.3, -0.25) is 4.99 Å². The largest absolute Gasteiger partial charge is 0.356 e. The Morgan fingerprint density at radius 1 is 1.05 bits per heavy atom. The number of guanidine groups is 1. The fraction of sp³-hybridized carbons (Fsp3) is 0.941. The quantitative estimate of drug-likeness (QED) is 0.390. The van der Waals surface area contributed by atoms with Crippen molar-refractivity contribution in [3.63, 3.8) is 0 Å². The van der Waals surface area contributed by atoms with E-state index in [1.807, 2.05) is 7.05 Å². The lowest BCUT2D eigenvalue weighted by Gasteiger charge is -2.30. The van der Waals surface area contributed by atoms with Crippen LogP contribution in [0.2, 0.25) is 0 Å². The van der Waals surface area contributed by atoms with Crippen molar-refractivity contribution in [2.24, 2.45) is 10.9 Å². The molecule has 1 fully saturated rings. The number of hydrogen-bond donors (Lipinski definition) is 2. The minimum atomic E-state index is 0.935. The summed E-state index contributed by atoms with van der Waals surface area (Å²) in [6, 6.07) is 0. The second kappa shape index (κ2) is 11.8. The van der Waals surface area contributed by atoms with Gasteiger partial charge in [-0.15, -0.1) is 0 Å². The number of hydrogen-bond acceptors (Lipinski definition) is 2. The first-order chi connectivity index (χ1) is 10.3. The second-order valence-corrected chi connectivity index (χ2v) is 6.36. The van der Waals surface area contributed by atoms with Gasteiger partial charge in [0.15, 0.2) is 5.96 Å². The number of nitrogens with zero attached hydrogens (tertiary/aromatic N) is 2. The normalized spacial score (nSPS) is 18.0. The van der Waals surface area contributed by atoms with E-state index in [2.05, 4.69) is 34.4 Å². The first-order valence-corrected chi connectivity index (χ1v) is 8.93. The van der Waals surface area contributed by atoms with Crippen molar-refractivity contribution in [1.82, 2.24) is 15.5 Å². The van der Waals surface area contributed by atoms with Gasteiger partial charge in [-0.1, -0.05) is 26.7 Å². The molecular formula is C17H36N4. The van der Waals surface area contributed by atoms with Crippen LogP contribution in [0.5, 0.6) is 0 Å². The third kappa shape index (κ3) is 8.97. The molecule has 0 spiro atoms. The molecule has 0 aromatic rings. The lowest BCUT2D eigenvalue weighted by Crippen LogP contribution is -2.38. The molecule has 0 aliphatic carbocycles. The molecule has 0 radical (unpaired) electrons. The number of rotatable bonds is 9. The highest BCUT2D eigenvalue weighted by Crippen LogP contribution is 2.15. The monoisotopic (exact) mass is 296 g/mol. The summed E-state index contributed by atoms with van der Waals surface area (Å²) < 4.78 is 0. The number of likely N-dealkylation sites (tertiary alicyclic amines) is 1. The van der Waals surface area contributed by atoms with Crippen molar-refractivity contribution < 1.29 is 0 Å². The van der Waals surface area contributed by atoms with Crippen LogP contribution in [0.1, 0.15) is 58.8 Å². The van der Waals surface area contributed by atoms with Gasteiger partial charge < -0.3 is 15.5 Å². The summed E-state index contributed by atoms with van der Waals surface area (Å²) in [6.45, 7) is 10.5. The van der Waals surface area contributed by atoms with Crippen molar-refractivity contribution >= 4 is 5.96 Å². The molecule has 0 aromatic heterocycles. The Labute approximate surface area is 131 Å². The van der Waals surface area contributed by atoms with Crippen molar-refractivity contribution in [1.29, 1.82) is 0 Å². The first kappa shape index (κ1) is 18.3. The van der Waals surface area contributed by atoms with Gasteiger partial charge in [0, 0.05) is 20.1 Å². The molecule has 1 aliphatic heterocycles. The van der Waals surface area contributed by atoms with Gasteiger partial charge in [0.25, 0.3) is 0 Å². The molecular weight excluding hydrogens is 260 g/mol. The molecule has 124 valence electrons. The van der Waals surface area contributed by atoms with Crippen molar-refractivity contribution in [3.8, 4) is 0 Å². The minimum absolute atomic E-state index is 0.935. The highest BCUT2D eigenvalue weighted by Gasteiger charge is 2.14. The van der Waals surface area contributed by atoms with Crippen LogP contribution in [0.25, 0.3) is 0 Å². The highest BCUT2D eigenvalue weighted by molar-refractivity contribution is 5.79. The molecule has 1 saturated heterocycles. The third-order valence-corrected chi connectivity index (χ3v) is 4.37. The minimum Gasteiger partial charge on any atom is -0.356 e. The zero-order chi connectivity index (χ0) is 15.3. The van der Waals surface area contributed by atoms with Crippen molar-refractivity contribution in [3.05, 3.63) is 0 Å². The second-order valence-electron chi connectivity index (χ2n) is 6.36. The van der Waals surface area contributed by atoms with E-state index in [0.717, 1.165) is 25.0 Å². The molecule has 4 nitrogen and oxygen atoms in total. The van der Waals surface area contributed by atoms with E-state index in [4.69, 9.17) is 0 Å². The molecule has 0 bridgehead atoms. The zero-order valence-corrected chi connectivity index (χ0v) is 14.5. The predicted molar refractivity (Wildman–Crippen MR) is 93.0 cm³/mol. The fourth-order valence-electron chi connectivity index (χ4n) is 2.76. The summed E-state index contributed by atoms with van der Waals surface area (Å²) in [4.78, 5) is 6.89. The predicted octanol–water partition coefficient (Wildman–Crippen LogP) is 2.85. The molecule has 2 N–H and O–H groups in total. The van der Waals surface area contributed by atoms with E-state index < -0.39 is 0 Å². The van der Waals surface area contributed by atoms with E-state index in [1.54, 1.807) is 0 Å². The molecule has 0 atom stereocenters. The fourth-order valence-corrected chi connectivity index (χ4v) is 2.76. The van der Waals surface area contributed by atoms with Gasteiger partial charge in [-0.05, 0) is 57.7 Å². The standard InChI is InChI=1S/C17H36N4/c1-4-5-6-11-19-17(18-3)20-12-7-8-13-21-14-9-16(2)10-15-21/h16H,4-15H2,1-3H3,(H2,18,19,20). The molecule has 0 unspecified atom stereocenters. The molecule has 1 aliphatic rings. The molecule has 0 saturated carbocycles. The van der Waals surface area contributed by atoms with Gasteiger partial charge in [0.1, 0.15) is 0 Å². The summed E-state index contributed by atoms with van der Waals surface area (Å²) >= 11 is 0. The topological polar surface area (TPSA) is 39.7 Å². The van der Waals surface area contributed by atoms with Crippen molar-refractivity contribution in [2.45, 2.75) is 58.8 Å². The van der Waals surface area contributed by atoms with Crippen LogP contribution in [0, 0.1) is 5.92 Å². The lowest BCUT2D eigenvalue weighted by molar-refractivity contribution is 0.189. The molecule has 0 aromatic carbocycles. The number of aliphatic imine (C=N–C) groups is 1. The molecule has 1 heterocycles. The number of unbranched alkanes of at least 4 members (excludes halogenated alkanes) is 3. The van der Waals surface area contributed by atoms with Crippen LogP contribution < -0.4 is 10.6 Å². The van der Waals surface area contributed by atoms with Crippen LogP contribution in [0.4, 0.5) is 0 Å². The first-order valence-electron chi connectivity index (χ1n) is 8.93. The van der Waals surface area contributed by atoms with E-state index in [0.29, 0.717) is 0 Å². The molecule has 0 amide bonds. The smallest absolute Gasteiger partial charge is 0.190 e. The summed E-state index contributed by atoms with van der Waals surface area (Å²) in [5.41, 5.74) is 0. The lowest BCUT2D eigenvalue weighted by atomic mass is 9.99. The number of piperidine rings is 1. The molecule has 21 heavy (non-hydrogen) atoms. The maximum Gasteiger partial charge on any atom is 0.190 e. The average molecular weight is 297 g/mol. The van der Waals surface area contributed by atoms with Gasteiger partial charge in [0.2, 0.25) is 0 Å². The Hall–Kier alpha value is -0.770. The van der Waals surface area contributed by atoms with Gasteiger partial charge >= 0.3 is 0 Å². The van der Waals surface area contributed by atoms with Crippen LogP contribution >= 0.6 is 0 Å². The maximum absolute atomic E-state index is 4.27. The van der Waals surface area contributed by atoms with Gasteiger partial charge in [-0.2, -0.15) is 0 Å². The van der Waals surface area contributed by atoms with Crippen molar-refractivity contribution in [2.75, 3.05) is 39.8 Å². The highest BCUT2D eigenvalue weighted by atomic mass is 15.2. The SMILES string of the molecule is CCCCCNC(=NC)NCCCCN1CCC(C)CC1. The summed E-state index contributed by atoms with van der Waals surface area (Å²) in [5.74, 6) is 1.89. The molecule has 1 rings (SSSR count). The summed E-state index contributed by atoms with van der Waals surface area (Å²) in [5, 5.41) is 6.79. The maximum atomic E-state index is 4.27. The number of nitrogens with one attached hydrogen (secondary N) is 2. The Morgan fingerprint density at radius 3 is 2.24 bits per heavy atom. The zero-order valence-electron chi connectivity index (χ0n) is 14.5. The Bertz CT molecular complexity index is 270. The van der Waals surface area contributed by atoms with Gasteiger partial charge in [0.05, 0.1) is 0 Å². The summed E-state index contributed by atoms with van der Waals surface area (Å²) in [7, 11) is 1.85. The van der Waals surface area contributed by atoms with Crippen LogP contribution in [-0.2, 0) is 0 Å². The van der Waals surface area contributed by atoms with Crippen LogP contribution in [0.15, 0.2) is 4.99 Å². The van der Waals surface area contributed by atoms with Crippen LogP contribution in [-0.4, -0.2) is 50.6 Å². The molecule has 4 heteroatoms. The third-order valence-electron chi connectivity index (χ3n) is 4.37.